The Kier molecular flexibility index (Phi) is 7.00. The van der Waals surface area contributed by atoms with Crippen LogP contribution in [0.1, 0.15) is 16.1 Å². The lowest BCUT2D eigenvalue weighted by Gasteiger charge is -2.09. The summed E-state index contributed by atoms with van der Waals surface area (Å²) in [6.45, 7) is 0.989. The lowest BCUT2D eigenvalue weighted by atomic mass is 10.1. The number of aromatic nitrogens is 2. The van der Waals surface area contributed by atoms with E-state index >= 15 is 0 Å². The highest BCUT2D eigenvalue weighted by Gasteiger charge is 2.09. The fourth-order valence-corrected chi connectivity index (χ4v) is 2.70. The van der Waals surface area contributed by atoms with Crippen LogP contribution < -0.4 is 20.3 Å². The molecule has 0 atom stereocenters. The molecule has 0 saturated carbocycles. The third-order valence-electron chi connectivity index (χ3n) is 4.27. The first-order chi connectivity index (χ1) is 14.2. The van der Waals surface area contributed by atoms with Crippen molar-refractivity contribution in [3.8, 4) is 11.5 Å². The molecule has 0 fully saturated rings. The molecule has 0 saturated heterocycles. The lowest BCUT2D eigenvalue weighted by molar-refractivity contribution is 0.0946. The Morgan fingerprint density at radius 1 is 1.00 bits per heavy atom. The van der Waals surface area contributed by atoms with Crippen molar-refractivity contribution in [2.75, 3.05) is 20.3 Å². The Balaban J connectivity index is 1.52. The van der Waals surface area contributed by atoms with Crippen molar-refractivity contribution in [2.45, 2.75) is 13.0 Å². The molecule has 0 spiro atoms. The minimum Gasteiger partial charge on any atom is -0.497 e. The van der Waals surface area contributed by atoms with Crippen molar-refractivity contribution in [1.29, 1.82) is 0 Å². The number of carbonyl (C=O) groups excluding carboxylic acids is 1. The van der Waals surface area contributed by atoms with Crippen molar-refractivity contribution < 1.29 is 14.3 Å². The van der Waals surface area contributed by atoms with Gasteiger partial charge >= 0.3 is 0 Å². The highest BCUT2D eigenvalue weighted by Crippen LogP contribution is 2.11. The van der Waals surface area contributed by atoms with Gasteiger partial charge in [0, 0.05) is 12.6 Å². The van der Waals surface area contributed by atoms with E-state index in [-0.39, 0.29) is 30.3 Å². The normalized spacial score (nSPS) is 10.4. The molecule has 29 heavy (non-hydrogen) atoms. The van der Waals surface area contributed by atoms with Crippen LogP contribution in [0.2, 0.25) is 0 Å². The highest BCUT2D eigenvalue weighted by molar-refractivity contribution is 5.91. The molecule has 7 heteroatoms. The van der Waals surface area contributed by atoms with E-state index in [1.54, 1.807) is 7.11 Å². The molecule has 0 aliphatic carbocycles. The maximum atomic E-state index is 12.4. The van der Waals surface area contributed by atoms with Gasteiger partial charge in [0.05, 0.1) is 13.7 Å². The van der Waals surface area contributed by atoms with Gasteiger partial charge in [-0.25, -0.2) is 4.68 Å². The van der Waals surface area contributed by atoms with Crippen molar-refractivity contribution in [3.05, 3.63) is 88.3 Å². The fraction of sp³-hybridized carbons (Fsp3) is 0.227. The Morgan fingerprint density at radius 3 is 2.48 bits per heavy atom. The second-order valence-electron chi connectivity index (χ2n) is 6.30. The lowest BCUT2D eigenvalue weighted by Crippen LogP contribution is -2.31. The van der Waals surface area contributed by atoms with Crippen LogP contribution in [0.5, 0.6) is 11.5 Å². The van der Waals surface area contributed by atoms with Crippen molar-refractivity contribution in [2.24, 2.45) is 0 Å². The first kappa shape index (κ1) is 20.1. The molecule has 150 valence electrons. The first-order valence-electron chi connectivity index (χ1n) is 9.33. The maximum Gasteiger partial charge on any atom is 0.271 e. The van der Waals surface area contributed by atoms with Gasteiger partial charge in [0.15, 0.2) is 0 Å². The number of rotatable bonds is 9. The van der Waals surface area contributed by atoms with Gasteiger partial charge in [-0.1, -0.05) is 30.3 Å². The van der Waals surface area contributed by atoms with E-state index in [0.29, 0.717) is 18.7 Å². The van der Waals surface area contributed by atoms with Crippen LogP contribution in [0.25, 0.3) is 0 Å². The van der Waals surface area contributed by atoms with E-state index in [1.807, 2.05) is 54.6 Å². The van der Waals surface area contributed by atoms with Gasteiger partial charge in [0.25, 0.3) is 11.5 Å². The van der Waals surface area contributed by atoms with Crippen molar-refractivity contribution in [1.82, 2.24) is 15.1 Å². The number of hydrogen-bond donors (Lipinski definition) is 1. The maximum absolute atomic E-state index is 12.4. The van der Waals surface area contributed by atoms with Crippen LogP contribution >= 0.6 is 0 Å². The summed E-state index contributed by atoms with van der Waals surface area (Å²) in [6, 6.07) is 19.8. The fourth-order valence-electron chi connectivity index (χ4n) is 2.70. The van der Waals surface area contributed by atoms with E-state index < -0.39 is 0 Å². The van der Waals surface area contributed by atoms with E-state index in [4.69, 9.17) is 9.47 Å². The molecule has 3 rings (SSSR count). The number of nitrogens with zero attached hydrogens (tertiary/aromatic N) is 2. The smallest absolute Gasteiger partial charge is 0.271 e. The summed E-state index contributed by atoms with van der Waals surface area (Å²) in [6.07, 6.45) is 0.681. The molecule has 1 heterocycles. The van der Waals surface area contributed by atoms with Gasteiger partial charge in [0.1, 0.15) is 23.8 Å². The summed E-state index contributed by atoms with van der Waals surface area (Å²) >= 11 is 0. The monoisotopic (exact) mass is 393 g/mol. The van der Waals surface area contributed by atoms with Crippen LogP contribution in [-0.4, -0.2) is 35.9 Å². The number of amides is 1. The van der Waals surface area contributed by atoms with E-state index in [2.05, 4.69) is 10.4 Å². The summed E-state index contributed by atoms with van der Waals surface area (Å²) in [5, 5.41) is 6.97. The SMILES string of the molecule is COc1ccc(CCNC(=O)c2ccc(=O)n(CCOc3ccccc3)n2)cc1. The first-order valence-corrected chi connectivity index (χ1v) is 9.33. The second-order valence-corrected chi connectivity index (χ2v) is 6.30. The van der Waals surface area contributed by atoms with Crippen LogP contribution in [0.15, 0.2) is 71.5 Å². The highest BCUT2D eigenvalue weighted by atomic mass is 16.5. The molecule has 1 aromatic heterocycles. The summed E-state index contributed by atoms with van der Waals surface area (Å²) < 4.78 is 12.0. The predicted molar refractivity (Wildman–Crippen MR) is 109 cm³/mol. The molecule has 0 aliphatic rings. The standard InChI is InChI=1S/C22H23N3O4/c1-28-18-9-7-17(8-10-18)13-14-23-22(27)20-11-12-21(26)25(24-20)15-16-29-19-5-3-2-4-6-19/h2-12H,13-16H2,1H3,(H,23,27). The van der Waals surface area contributed by atoms with Gasteiger partial charge in [-0.05, 0) is 42.3 Å². The molecular formula is C22H23N3O4. The van der Waals surface area contributed by atoms with Crippen LogP contribution in [0.4, 0.5) is 0 Å². The van der Waals surface area contributed by atoms with Gasteiger partial charge in [-0.2, -0.15) is 5.10 Å². The zero-order chi connectivity index (χ0) is 20.5. The second kappa shape index (κ2) is 10.1. The molecule has 2 aromatic carbocycles. The Hall–Kier alpha value is -3.61. The largest absolute Gasteiger partial charge is 0.497 e. The van der Waals surface area contributed by atoms with Crippen LogP contribution in [0, 0.1) is 0 Å². The molecule has 3 aromatic rings. The number of para-hydroxylation sites is 1. The van der Waals surface area contributed by atoms with E-state index in [9.17, 15) is 9.59 Å². The van der Waals surface area contributed by atoms with Crippen molar-refractivity contribution in [3.63, 3.8) is 0 Å². The Labute approximate surface area is 168 Å². The number of benzene rings is 2. The summed E-state index contributed by atoms with van der Waals surface area (Å²) in [7, 11) is 1.62. The topological polar surface area (TPSA) is 82.5 Å². The van der Waals surface area contributed by atoms with Gasteiger partial charge in [0.2, 0.25) is 0 Å². The average Bonchev–Trinajstić information content (AvgIpc) is 2.76. The summed E-state index contributed by atoms with van der Waals surface area (Å²) in [5.41, 5.74) is 0.998. The molecule has 1 N–H and O–H groups in total. The van der Waals surface area contributed by atoms with Crippen LogP contribution in [0.3, 0.4) is 0 Å². The molecule has 0 radical (unpaired) electrons. The Bertz CT molecular complexity index is 985. The number of ether oxygens (including phenoxy) is 2. The number of hydrogen-bond acceptors (Lipinski definition) is 5. The number of carbonyl (C=O) groups is 1. The third-order valence-corrected chi connectivity index (χ3v) is 4.27. The zero-order valence-electron chi connectivity index (χ0n) is 16.2. The van der Waals surface area contributed by atoms with E-state index in [0.717, 1.165) is 11.3 Å². The van der Waals surface area contributed by atoms with Gasteiger partial charge in [-0.3, -0.25) is 9.59 Å². The molecule has 1 amide bonds. The molecule has 0 bridgehead atoms. The molecular weight excluding hydrogens is 370 g/mol. The van der Waals surface area contributed by atoms with Gasteiger partial charge < -0.3 is 14.8 Å². The van der Waals surface area contributed by atoms with Gasteiger partial charge in [-0.15, -0.1) is 0 Å². The molecule has 0 aliphatic heterocycles. The quantitative estimate of drug-likeness (QED) is 0.603. The summed E-state index contributed by atoms with van der Waals surface area (Å²) in [5.74, 6) is 1.18. The number of methoxy groups -OCH3 is 1. The molecule has 7 nitrogen and oxygen atoms in total. The van der Waals surface area contributed by atoms with Crippen LogP contribution in [-0.2, 0) is 13.0 Å². The number of nitrogens with one attached hydrogen (secondary N) is 1. The Morgan fingerprint density at radius 2 is 1.76 bits per heavy atom. The zero-order valence-corrected chi connectivity index (χ0v) is 16.2. The third kappa shape index (κ3) is 5.93. The minimum absolute atomic E-state index is 0.194. The molecule has 0 unspecified atom stereocenters. The van der Waals surface area contributed by atoms with E-state index in [1.165, 1.54) is 16.8 Å². The average molecular weight is 393 g/mol. The summed E-state index contributed by atoms with van der Waals surface area (Å²) in [4.78, 5) is 24.3. The minimum atomic E-state index is -0.323. The predicted octanol–water partition coefficient (Wildman–Crippen LogP) is 2.30. The van der Waals surface area contributed by atoms with Crippen molar-refractivity contribution >= 4 is 5.91 Å².